The maximum Gasteiger partial charge on any atom is 0.336 e. The molecule has 6 heteroatoms. The Morgan fingerprint density at radius 3 is 2.50 bits per heavy atom. The van der Waals surface area contributed by atoms with Crippen LogP contribution in [0.15, 0.2) is 45.6 Å². The highest BCUT2D eigenvalue weighted by Crippen LogP contribution is 2.32. The second-order valence-electron chi connectivity index (χ2n) is 6.08. The molecule has 0 saturated heterocycles. The molecule has 0 aliphatic rings. The van der Waals surface area contributed by atoms with Gasteiger partial charge in [0.1, 0.15) is 5.58 Å². The van der Waals surface area contributed by atoms with Crippen LogP contribution in [-0.2, 0) is 6.54 Å². The van der Waals surface area contributed by atoms with Crippen molar-refractivity contribution in [3.63, 3.8) is 0 Å². The summed E-state index contributed by atoms with van der Waals surface area (Å²) in [4.78, 5) is 14.0. The van der Waals surface area contributed by atoms with Gasteiger partial charge in [0, 0.05) is 41.8 Å². The minimum Gasteiger partial charge on any atom is -0.493 e. The van der Waals surface area contributed by atoms with Crippen LogP contribution in [0.25, 0.3) is 11.0 Å². The van der Waals surface area contributed by atoms with E-state index in [0.29, 0.717) is 28.6 Å². The van der Waals surface area contributed by atoms with E-state index in [1.165, 1.54) is 6.07 Å². The van der Waals surface area contributed by atoms with Crippen LogP contribution in [-0.4, -0.2) is 21.3 Å². The minimum absolute atomic E-state index is 0.380. The van der Waals surface area contributed by atoms with Crippen molar-refractivity contribution in [2.24, 2.45) is 0 Å². The standard InChI is InChI=1S/C20H20ClNO4/c1-12-7-18-15(10-16(12)21)13(8-20(23)26-18)11-22(2)14-5-6-17(24-3)19(9-14)25-4/h5-10H,11H2,1-4H3. The quantitative estimate of drug-likeness (QED) is 0.620. The Hall–Kier alpha value is -2.66. The fourth-order valence-electron chi connectivity index (χ4n) is 2.89. The molecule has 5 nitrogen and oxygen atoms in total. The summed E-state index contributed by atoms with van der Waals surface area (Å²) in [5, 5.41) is 1.47. The van der Waals surface area contributed by atoms with E-state index in [4.69, 9.17) is 25.5 Å². The molecule has 0 radical (unpaired) electrons. The third-order valence-electron chi connectivity index (χ3n) is 4.32. The van der Waals surface area contributed by atoms with E-state index in [-0.39, 0.29) is 5.63 Å². The summed E-state index contributed by atoms with van der Waals surface area (Å²) in [5.74, 6) is 1.31. The Labute approximate surface area is 156 Å². The average molecular weight is 374 g/mol. The molecule has 3 aromatic rings. The first-order chi connectivity index (χ1) is 12.4. The van der Waals surface area contributed by atoms with Gasteiger partial charge in [0.15, 0.2) is 11.5 Å². The molecule has 0 amide bonds. The lowest BCUT2D eigenvalue weighted by Gasteiger charge is -2.21. The smallest absolute Gasteiger partial charge is 0.336 e. The third-order valence-corrected chi connectivity index (χ3v) is 4.73. The molecule has 136 valence electrons. The highest BCUT2D eigenvalue weighted by molar-refractivity contribution is 6.32. The zero-order valence-electron chi connectivity index (χ0n) is 15.1. The van der Waals surface area contributed by atoms with Crippen LogP contribution in [0, 0.1) is 6.92 Å². The van der Waals surface area contributed by atoms with Gasteiger partial charge in [0.2, 0.25) is 0 Å². The number of methoxy groups -OCH3 is 2. The van der Waals surface area contributed by atoms with Gasteiger partial charge < -0.3 is 18.8 Å². The van der Waals surface area contributed by atoms with Crippen molar-refractivity contribution >= 4 is 28.3 Å². The maximum atomic E-state index is 11.9. The third kappa shape index (κ3) is 3.48. The molecule has 3 rings (SSSR count). The molecule has 2 aromatic carbocycles. The first kappa shape index (κ1) is 18.1. The van der Waals surface area contributed by atoms with Crippen LogP contribution in [0.3, 0.4) is 0 Å². The Kier molecular flexibility index (Phi) is 5.09. The Bertz CT molecular complexity index is 1010. The summed E-state index contributed by atoms with van der Waals surface area (Å²) in [7, 11) is 5.14. The lowest BCUT2D eigenvalue weighted by Crippen LogP contribution is -2.18. The summed E-state index contributed by atoms with van der Waals surface area (Å²) in [6.45, 7) is 2.39. The molecule has 0 fully saturated rings. The predicted molar refractivity (Wildman–Crippen MR) is 104 cm³/mol. The summed E-state index contributed by atoms with van der Waals surface area (Å²) in [6.07, 6.45) is 0. The van der Waals surface area contributed by atoms with Crippen LogP contribution in [0.4, 0.5) is 5.69 Å². The normalized spacial score (nSPS) is 10.8. The summed E-state index contributed by atoms with van der Waals surface area (Å²) < 4.78 is 16.0. The van der Waals surface area contributed by atoms with E-state index < -0.39 is 0 Å². The monoisotopic (exact) mass is 373 g/mol. The first-order valence-corrected chi connectivity index (χ1v) is 8.46. The lowest BCUT2D eigenvalue weighted by atomic mass is 10.1. The molecule has 0 aliphatic heterocycles. The summed E-state index contributed by atoms with van der Waals surface area (Å²) >= 11 is 6.26. The van der Waals surface area contributed by atoms with Crippen molar-refractivity contribution in [2.75, 3.05) is 26.2 Å². The molecular formula is C20H20ClNO4. The van der Waals surface area contributed by atoms with Crippen molar-refractivity contribution < 1.29 is 13.9 Å². The van der Waals surface area contributed by atoms with Crippen molar-refractivity contribution in [3.05, 3.63) is 63.0 Å². The lowest BCUT2D eigenvalue weighted by molar-refractivity contribution is 0.355. The van der Waals surface area contributed by atoms with Gasteiger partial charge in [-0.15, -0.1) is 0 Å². The van der Waals surface area contributed by atoms with E-state index >= 15 is 0 Å². The van der Waals surface area contributed by atoms with Gasteiger partial charge in [-0.25, -0.2) is 4.79 Å². The van der Waals surface area contributed by atoms with Crippen molar-refractivity contribution in [1.82, 2.24) is 0 Å². The molecule has 0 N–H and O–H groups in total. The van der Waals surface area contributed by atoms with Crippen molar-refractivity contribution in [2.45, 2.75) is 13.5 Å². The highest BCUT2D eigenvalue weighted by Gasteiger charge is 2.13. The fraction of sp³-hybridized carbons (Fsp3) is 0.250. The van der Waals surface area contributed by atoms with Gasteiger partial charge in [-0.1, -0.05) is 11.6 Å². The Morgan fingerprint density at radius 2 is 1.81 bits per heavy atom. The second-order valence-corrected chi connectivity index (χ2v) is 6.49. The van der Waals surface area contributed by atoms with Gasteiger partial charge in [-0.3, -0.25) is 0 Å². The fourth-order valence-corrected chi connectivity index (χ4v) is 3.05. The van der Waals surface area contributed by atoms with Crippen LogP contribution >= 0.6 is 11.6 Å². The second kappa shape index (κ2) is 7.30. The van der Waals surface area contributed by atoms with Crippen molar-refractivity contribution in [1.29, 1.82) is 0 Å². The Morgan fingerprint density at radius 1 is 1.08 bits per heavy atom. The van der Waals surface area contributed by atoms with E-state index in [1.54, 1.807) is 20.3 Å². The number of benzene rings is 2. The highest BCUT2D eigenvalue weighted by atomic mass is 35.5. The van der Waals surface area contributed by atoms with Crippen LogP contribution in [0.5, 0.6) is 11.5 Å². The molecule has 0 spiro atoms. The maximum absolute atomic E-state index is 11.9. The molecule has 1 heterocycles. The molecule has 26 heavy (non-hydrogen) atoms. The van der Waals surface area contributed by atoms with Gasteiger partial charge in [-0.2, -0.15) is 0 Å². The van der Waals surface area contributed by atoms with Crippen LogP contribution < -0.4 is 20.0 Å². The van der Waals surface area contributed by atoms with E-state index in [9.17, 15) is 4.79 Å². The first-order valence-electron chi connectivity index (χ1n) is 8.09. The van der Waals surface area contributed by atoms with Gasteiger partial charge >= 0.3 is 5.63 Å². The van der Waals surface area contributed by atoms with E-state index in [2.05, 4.69) is 0 Å². The molecular weight excluding hydrogens is 354 g/mol. The number of ether oxygens (including phenoxy) is 2. The largest absolute Gasteiger partial charge is 0.493 e. The predicted octanol–water partition coefficient (Wildman–Crippen LogP) is 4.41. The number of nitrogens with zero attached hydrogens (tertiary/aromatic N) is 1. The molecule has 0 bridgehead atoms. The number of hydrogen-bond acceptors (Lipinski definition) is 5. The SMILES string of the molecule is COc1ccc(N(C)Cc2cc(=O)oc3cc(C)c(Cl)cc23)cc1OC. The number of hydrogen-bond donors (Lipinski definition) is 0. The van der Waals surface area contributed by atoms with E-state index in [1.807, 2.05) is 43.1 Å². The molecule has 0 atom stereocenters. The summed E-state index contributed by atoms with van der Waals surface area (Å²) in [6, 6.07) is 10.8. The number of anilines is 1. The summed E-state index contributed by atoms with van der Waals surface area (Å²) in [5.41, 5.74) is 2.80. The molecule has 1 aromatic heterocycles. The van der Waals surface area contributed by atoms with Crippen LogP contribution in [0.2, 0.25) is 5.02 Å². The van der Waals surface area contributed by atoms with Gasteiger partial charge in [0.25, 0.3) is 0 Å². The molecule has 0 saturated carbocycles. The van der Waals surface area contributed by atoms with E-state index in [0.717, 1.165) is 22.2 Å². The number of halogens is 1. The number of aryl methyl sites for hydroxylation is 1. The zero-order chi connectivity index (χ0) is 18.8. The molecule has 0 unspecified atom stereocenters. The topological polar surface area (TPSA) is 51.9 Å². The van der Waals surface area contributed by atoms with Crippen LogP contribution in [0.1, 0.15) is 11.1 Å². The number of fused-ring (bicyclic) bond motifs is 1. The zero-order valence-corrected chi connectivity index (χ0v) is 15.9. The minimum atomic E-state index is -0.380. The van der Waals surface area contributed by atoms with Crippen molar-refractivity contribution in [3.8, 4) is 11.5 Å². The van der Waals surface area contributed by atoms with Gasteiger partial charge in [0.05, 0.1) is 14.2 Å². The average Bonchev–Trinajstić information content (AvgIpc) is 2.62. The Balaban J connectivity index is 2.00. The molecule has 0 aliphatic carbocycles. The number of rotatable bonds is 5. The van der Waals surface area contributed by atoms with Gasteiger partial charge in [-0.05, 0) is 42.3 Å².